The van der Waals surface area contributed by atoms with Gasteiger partial charge in [0.25, 0.3) is 0 Å². The third-order valence-corrected chi connectivity index (χ3v) is 14.1. The molecule has 7 aromatic carbocycles. The summed E-state index contributed by atoms with van der Waals surface area (Å²) in [4.78, 5) is 0. The minimum absolute atomic E-state index is 0.236. The third kappa shape index (κ3) is 17.2. The molecule has 2 fully saturated rings. The number of methoxy groups -OCH3 is 1. The highest BCUT2D eigenvalue weighted by molar-refractivity contribution is 5.19. The second kappa shape index (κ2) is 30.8. The molecule has 0 amide bonds. The molecule has 0 spiro atoms. The van der Waals surface area contributed by atoms with Gasteiger partial charge in [-0.25, -0.2) is 0 Å². The molecule has 78 heavy (non-hydrogen) atoms. The molecule has 9 rings (SSSR count). The fourth-order valence-corrected chi connectivity index (χ4v) is 10.0. The molecule has 0 aromatic heterocycles. The monoisotopic (exact) mass is 1050 g/mol. The highest BCUT2D eigenvalue weighted by atomic mass is 16.7. The first-order chi connectivity index (χ1) is 38.6. The summed E-state index contributed by atoms with van der Waals surface area (Å²) in [5.41, 5.74) is 7.17. The molecular formula is C67H74O11. The fraction of sp³-hybridized carbons (Fsp3) is 0.343. The van der Waals surface area contributed by atoms with Gasteiger partial charge in [-0.15, -0.1) is 0 Å². The van der Waals surface area contributed by atoms with Crippen molar-refractivity contribution in [3.05, 3.63) is 263 Å². The van der Waals surface area contributed by atoms with Gasteiger partial charge in [-0.05, 0) is 51.8 Å². The van der Waals surface area contributed by atoms with Gasteiger partial charge in [0.2, 0.25) is 0 Å². The SMILES string of the molecule is CO[C@H]1O[C@H](C[C@H](O)C/C=C/C[C@H]2O[C@H](COCc3ccccc3)[C@@H](OCc3ccccc3)[C@H](OCc3ccccc3)[C@H]2OCc2ccccc2)[C@@H](OCc2ccccc2)[C@H](OCc2ccccc2)[C@H]1OCc1ccccc1. The number of hydrogen-bond donors (Lipinski definition) is 1. The van der Waals surface area contributed by atoms with E-state index in [4.69, 9.17) is 47.4 Å². The number of aliphatic hydroxyl groups is 1. The first-order valence-corrected chi connectivity index (χ1v) is 27.3. The number of aliphatic hydroxyl groups excluding tert-OH is 1. The van der Waals surface area contributed by atoms with Gasteiger partial charge in [-0.1, -0.05) is 224 Å². The Labute approximate surface area is 460 Å². The molecule has 2 aliphatic rings. The van der Waals surface area contributed by atoms with Crippen molar-refractivity contribution in [3.63, 3.8) is 0 Å². The summed E-state index contributed by atoms with van der Waals surface area (Å²) < 4.78 is 67.5. The van der Waals surface area contributed by atoms with E-state index in [0.29, 0.717) is 59.1 Å². The van der Waals surface area contributed by atoms with E-state index in [0.717, 1.165) is 38.9 Å². The van der Waals surface area contributed by atoms with Gasteiger partial charge in [0.05, 0.1) is 71.2 Å². The van der Waals surface area contributed by atoms with Crippen molar-refractivity contribution in [2.24, 2.45) is 0 Å². The van der Waals surface area contributed by atoms with Gasteiger partial charge in [-0.3, -0.25) is 0 Å². The molecule has 2 aliphatic heterocycles. The Balaban J connectivity index is 0.952. The summed E-state index contributed by atoms with van der Waals surface area (Å²) in [5.74, 6) is 0. The highest BCUT2D eigenvalue weighted by Crippen LogP contribution is 2.35. The van der Waals surface area contributed by atoms with E-state index < -0.39 is 67.3 Å². The standard InChI is InChI=1S/C67H74O11/c1-69-67-66(76-48-56-37-21-8-22-38-56)65(75-47-55-35-19-7-20-36-55)62(72-44-52-29-13-4-14-30-52)59(78-67)41-57(68)39-23-24-40-58-61(71-43-51-27-11-3-12-28-51)64(74-46-54-33-17-6-18-34-54)63(73-45-53-31-15-5-16-32-53)60(77-58)49-70-42-50-25-9-2-10-26-50/h2-38,57-68H,39-49H2,1H3/b24-23+/t57-,58-,59-,60-,61+,62-,63-,64-,65+,66-,67+/m1/s1. The minimum Gasteiger partial charge on any atom is -0.393 e. The van der Waals surface area contributed by atoms with Crippen molar-refractivity contribution in [1.82, 2.24) is 0 Å². The molecule has 2 heterocycles. The molecule has 2 saturated heterocycles. The van der Waals surface area contributed by atoms with Gasteiger partial charge in [0.15, 0.2) is 6.29 Å². The zero-order valence-electron chi connectivity index (χ0n) is 44.5. The van der Waals surface area contributed by atoms with E-state index in [-0.39, 0.29) is 13.0 Å². The predicted octanol–water partition coefficient (Wildman–Crippen LogP) is 11.9. The largest absolute Gasteiger partial charge is 0.393 e. The van der Waals surface area contributed by atoms with Gasteiger partial charge in [0, 0.05) is 13.5 Å². The first kappa shape index (κ1) is 56.6. The zero-order valence-corrected chi connectivity index (χ0v) is 44.5. The number of benzene rings is 7. The highest BCUT2D eigenvalue weighted by Gasteiger charge is 2.50. The smallest absolute Gasteiger partial charge is 0.186 e. The summed E-state index contributed by atoms with van der Waals surface area (Å²) in [5, 5.41) is 12.0. The van der Waals surface area contributed by atoms with E-state index in [9.17, 15) is 5.11 Å². The van der Waals surface area contributed by atoms with Gasteiger partial charge in [-0.2, -0.15) is 0 Å². The summed E-state index contributed by atoms with van der Waals surface area (Å²) in [6, 6.07) is 70.6. The van der Waals surface area contributed by atoms with E-state index in [2.05, 4.69) is 54.6 Å². The molecule has 408 valence electrons. The Hall–Kier alpha value is -6.16. The molecule has 1 N–H and O–H groups in total. The molecule has 11 nitrogen and oxygen atoms in total. The summed E-state index contributed by atoms with van der Waals surface area (Å²) in [6.45, 7) is 2.63. The van der Waals surface area contributed by atoms with Crippen molar-refractivity contribution in [1.29, 1.82) is 0 Å². The number of rotatable bonds is 29. The molecule has 11 heteroatoms. The Morgan fingerprint density at radius 1 is 0.372 bits per heavy atom. The summed E-state index contributed by atoms with van der Waals surface area (Å²) in [6.07, 6.45) is -1.71. The Bertz CT molecular complexity index is 2720. The topological polar surface area (TPSA) is 113 Å². The van der Waals surface area contributed by atoms with E-state index in [1.54, 1.807) is 7.11 Å². The lowest BCUT2D eigenvalue weighted by molar-refractivity contribution is -0.320. The normalized spacial score (nSPS) is 23.8. The Morgan fingerprint density at radius 2 is 0.692 bits per heavy atom. The lowest BCUT2D eigenvalue weighted by atomic mass is 9.91. The molecule has 0 bridgehead atoms. The van der Waals surface area contributed by atoms with Gasteiger partial charge >= 0.3 is 0 Å². The second-order valence-electron chi connectivity index (χ2n) is 19.9. The van der Waals surface area contributed by atoms with E-state index >= 15 is 0 Å². The second-order valence-corrected chi connectivity index (χ2v) is 19.9. The minimum atomic E-state index is -0.822. The van der Waals surface area contributed by atoms with Crippen LogP contribution in [0, 0.1) is 0 Å². The summed E-state index contributed by atoms with van der Waals surface area (Å²) >= 11 is 0. The first-order valence-electron chi connectivity index (χ1n) is 27.3. The van der Waals surface area contributed by atoms with Gasteiger partial charge < -0.3 is 52.5 Å². The van der Waals surface area contributed by atoms with Crippen LogP contribution in [0.5, 0.6) is 0 Å². The molecule has 0 unspecified atom stereocenters. The molecule has 0 radical (unpaired) electrons. The van der Waals surface area contributed by atoms with Crippen LogP contribution >= 0.6 is 0 Å². The van der Waals surface area contributed by atoms with Crippen LogP contribution in [-0.2, 0) is 93.6 Å². The van der Waals surface area contributed by atoms with Crippen LogP contribution < -0.4 is 0 Å². The molecular weight excluding hydrogens is 981 g/mol. The van der Waals surface area contributed by atoms with E-state index in [1.165, 1.54) is 0 Å². The predicted molar refractivity (Wildman–Crippen MR) is 300 cm³/mol. The number of hydrogen-bond acceptors (Lipinski definition) is 11. The Morgan fingerprint density at radius 3 is 1.08 bits per heavy atom. The van der Waals surface area contributed by atoms with Crippen LogP contribution in [0.2, 0.25) is 0 Å². The molecule has 11 atom stereocenters. The molecule has 0 aliphatic carbocycles. The maximum atomic E-state index is 12.0. The van der Waals surface area contributed by atoms with Crippen molar-refractivity contribution in [2.45, 2.75) is 133 Å². The maximum Gasteiger partial charge on any atom is 0.186 e. The lowest BCUT2D eigenvalue weighted by Gasteiger charge is -2.46. The van der Waals surface area contributed by atoms with Crippen molar-refractivity contribution < 1.29 is 52.5 Å². The zero-order chi connectivity index (χ0) is 53.4. The molecule has 0 saturated carbocycles. The third-order valence-electron chi connectivity index (χ3n) is 14.1. The maximum absolute atomic E-state index is 12.0. The average molecular weight is 1060 g/mol. The number of ether oxygens (including phenoxy) is 10. The quantitative estimate of drug-likeness (QED) is 0.0453. The van der Waals surface area contributed by atoms with Crippen LogP contribution in [0.25, 0.3) is 0 Å². The van der Waals surface area contributed by atoms with Crippen LogP contribution in [0.15, 0.2) is 224 Å². The average Bonchev–Trinajstić information content (AvgIpc) is 3.58. The Kier molecular flexibility index (Phi) is 22.4. The van der Waals surface area contributed by atoms with Crippen molar-refractivity contribution in [2.75, 3.05) is 13.7 Å². The van der Waals surface area contributed by atoms with E-state index in [1.807, 2.05) is 170 Å². The molecule has 7 aromatic rings. The van der Waals surface area contributed by atoms with Crippen LogP contribution in [0.1, 0.15) is 58.2 Å². The summed E-state index contributed by atoms with van der Waals surface area (Å²) in [7, 11) is 1.61. The van der Waals surface area contributed by atoms with Crippen LogP contribution in [0.3, 0.4) is 0 Å². The van der Waals surface area contributed by atoms with Crippen LogP contribution in [-0.4, -0.2) is 86.2 Å². The van der Waals surface area contributed by atoms with Crippen molar-refractivity contribution >= 4 is 0 Å². The fourth-order valence-electron chi connectivity index (χ4n) is 10.0. The van der Waals surface area contributed by atoms with Crippen molar-refractivity contribution in [3.8, 4) is 0 Å². The lowest BCUT2D eigenvalue weighted by Crippen LogP contribution is -2.61. The van der Waals surface area contributed by atoms with Crippen LogP contribution in [0.4, 0.5) is 0 Å². The van der Waals surface area contributed by atoms with Gasteiger partial charge in [0.1, 0.15) is 42.7 Å².